The number of ether oxygens (including phenoxy) is 1. The van der Waals surface area contributed by atoms with Gasteiger partial charge in [-0.2, -0.15) is 0 Å². The average Bonchev–Trinajstić information content (AvgIpc) is 2.98. The van der Waals surface area contributed by atoms with E-state index in [2.05, 4.69) is 10.6 Å². The van der Waals surface area contributed by atoms with Crippen molar-refractivity contribution in [2.75, 3.05) is 13.7 Å². The Bertz CT molecular complexity index is 742. The summed E-state index contributed by atoms with van der Waals surface area (Å²) in [5.41, 5.74) is 0.978. The molecule has 2 aromatic rings. The molecule has 1 heterocycles. The summed E-state index contributed by atoms with van der Waals surface area (Å²) >= 11 is 0. The Morgan fingerprint density at radius 2 is 2.08 bits per heavy atom. The smallest absolute Gasteiger partial charge is 0.255 e. The largest absolute Gasteiger partial charge is 0.494 e. The van der Waals surface area contributed by atoms with Crippen LogP contribution in [-0.2, 0) is 4.79 Å². The molecule has 0 saturated carbocycles. The first kappa shape index (κ1) is 17.5. The topological polar surface area (TPSA) is 80.6 Å². The van der Waals surface area contributed by atoms with Crippen LogP contribution in [0.4, 0.5) is 4.39 Å². The van der Waals surface area contributed by atoms with Crippen LogP contribution in [0, 0.1) is 12.7 Å². The molecule has 1 atom stereocenters. The van der Waals surface area contributed by atoms with Crippen molar-refractivity contribution in [2.45, 2.75) is 19.9 Å². The first-order chi connectivity index (χ1) is 11.4. The van der Waals surface area contributed by atoms with E-state index >= 15 is 0 Å². The number of furan rings is 1. The second kappa shape index (κ2) is 7.63. The van der Waals surface area contributed by atoms with E-state index < -0.39 is 11.9 Å². The molecule has 2 amide bonds. The van der Waals surface area contributed by atoms with Crippen LogP contribution in [0.2, 0.25) is 0 Å². The molecule has 24 heavy (non-hydrogen) atoms. The van der Waals surface area contributed by atoms with Crippen molar-refractivity contribution in [1.29, 1.82) is 0 Å². The maximum Gasteiger partial charge on any atom is 0.255 e. The summed E-state index contributed by atoms with van der Waals surface area (Å²) in [6.45, 7) is 3.20. The molecule has 0 aliphatic rings. The number of methoxy groups -OCH3 is 1. The Morgan fingerprint density at radius 1 is 1.33 bits per heavy atom. The molecule has 2 N–H and O–H groups in total. The van der Waals surface area contributed by atoms with E-state index in [1.807, 2.05) is 0 Å². The number of amides is 2. The van der Waals surface area contributed by atoms with Crippen LogP contribution < -0.4 is 15.4 Å². The summed E-state index contributed by atoms with van der Waals surface area (Å²) in [5.74, 6) is -0.650. The van der Waals surface area contributed by atoms with Gasteiger partial charge in [0.1, 0.15) is 5.76 Å². The zero-order valence-corrected chi connectivity index (χ0v) is 13.7. The minimum absolute atomic E-state index is 0.139. The van der Waals surface area contributed by atoms with E-state index in [-0.39, 0.29) is 24.1 Å². The molecule has 1 aromatic heterocycles. The lowest BCUT2D eigenvalue weighted by Gasteiger charge is -2.15. The number of carbonyl (C=O) groups excluding carboxylic acids is 2. The Morgan fingerprint density at radius 3 is 2.67 bits per heavy atom. The van der Waals surface area contributed by atoms with E-state index in [0.29, 0.717) is 16.9 Å². The van der Waals surface area contributed by atoms with Gasteiger partial charge in [0.05, 0.1) is 31.5 Å². The highest BCUT2D eigenvalue weighted by Gasteiger charge is 2.15. The number of aryl methyl sites for hydroxylation is 1. The molecule has 6 nitrogen and oxygen atoms in total. The van der Waals surface area contributed by atoms with Crippen LogP contribution in [0.15, 0.2) is 34.9 Å². The van der Waals surface area contributed by atoms with Crippen LogP contribution in [-0.4, -0.2) is 25.5 Å². The van der Waals surface area contributed by atoms with Gasteiger partial charge in [-0.3, -0.25) is 9.59 Å². The van der Waals surface area contributed by atoms with Crippen molar-refractivity contribution in [3.05, 3.63) is 53.2 Å². The molecule has 0 saturated heterocycles. The number of halogens is 1. The quantitative estimate of drug-likeness (QED) is 0.850. The number of rotatable bonds is 6. The third-order valence-corrected chi connectivity index (χ3v) is 3.57. The van der Waals surface area contributed by atoms with Crippen LogP contribution in [0.1, 0.15) is 34.6 Å². The third-order valence-electron chi connectivity index (χ3n) is 3.57. The maximum atomic E-state index is 13.7. The molecule has 1 unspecified atom stereocenters. The zero-order valence-electron chi connectivity index (χ0n) is 13.7. The highest BCUT2D eigenvalue weighted by atomic mass is 19.1. The van der Waals surface area contributed by atoms with Crippen molar-refractivity contribution < 1.29 is 23.1 Å². The molecule has 7 heteroatoms. The van der Waals surface area contributed by atoms with Gasteiger partial charge in [0.25, 0.3) is 5.91 Å². The van der Waals surface area contributed by atoms with E-state index in [4.69, 9.17) is 9.15 Å². The maximum absolute atomic E-state index is 13.7. The lowest BCUT2D eigenvalue weighted by atomic mass is 10.1. The second-order valence-electron chi connectivity index (χ2n) is 5.26. The minimum atomic E-state index is -0.500. The summed E-state index contributed by atoms with van der Waals surface area (Å²) in [7, 11) is 1.38. The Hall–Kier alpha value is -2.83. The number of benzene rings is 1. The van der Waals surface area contributed by atoms with Crippen molar-refractivity contribution in [2.24, 2.45) is 0 Å². The molecule has 0 aliphatic carbocycles. The Balaban J connectivity index is 1.89. The number of carbonyl (C=O) groups is 2. The number of hydrogen-bond donors (Lipinski definition) is 2. The fourth-order valence-corrected chi connectivity index (χ4v) is 2.20. The fraction of sp³-hybridized carbons (Fsp3) is 0.294. The summed E-state index contributed by atoms with van der Waals surface area (Å²) in [5, 5.41) is 5.20. The van der Waals surface area contributed by atoms with Crippen LogP contribution in [0.5, 0.6) is 5.75 Å². The SMILES string of the molecule is COc1ccc(C(C)NC(=O)CNC(=O)c2ccoc2C)cc1F. The van der Waals surface area contributed by atoms with Crippen LogP contribution >= 0.6 is 0 Å². The van der Waals surface area contributed by atoms with Crippen molar-refractivity contribution in [1.82, 2.24) is 10.6 Å². The van der Waals surface area contributed by atoms with Gasteiger partial charge in [-0.05, 0) is 37.6 Å². The van der Waals surface area contributed by atoms with E-state index in [1.54, 1.807) is 19.9 Å². The average molecular weight is 334 g/mol. The lowest BCUT2D eigenvalue weighted by molar-refractivity contribution is -0.120. The molecule has 0 spiro atoms. The van der Waals surface area contributed by atoms with Crippen molar-refractivity contribution in [3.8, 4) is 5.75 Å². The minimum Gasteiger partial charge on any atom is -0.494 e. The van der Waals surface area contributed by atoms with Crippen LogP contribution in [0.3, 0.4) is 0 Å². The molecular formula is C17H19FN2O4. The highest BCUT2D eigenvalue weighted by molar-refractivity contribution is 5.97. The molecule has 2 rings (SSSR count). The van der Waals surface area contributed by atoms with E-state index in [9.17, 15) is 14.0 Å². The predicted molar refractivity (Wildman–Crippen MR) is 85.3 cm³/mol. The summed E-state index contributed by atoms with van der Waals surface area (Å²) < 4.78 is 23.6. The lowest BCUT2D eigenvalue weighted by Crippen LogP contribution is -2.38. The molecule has 1 aromatic carbocycles. The van der Waals surface area contributed by atoms with Gasteiger partial charge in [-0.25, -0.2) is 4.39 Å². The monoisotopic (exact) mass is 334 g/mol. The fourth-order valence-electron chi connectivity index (χ4n) is 2.20. The van der Waals surface area contributed by atoms with E-state index in [1.165, 1.54) is 31.6 Å². The van der Waals surface area contributed by atoms with Gasteiger partial charge >= 0.3 is 0 Å². The normalized spacial score (nSPS) is 11.7. The zero-order chi connectivity index (χ0) is 17.7. The van der Waals surface area contributed by atoms with Crippen molar-refractivity contribution in [3.63, 3.8) is 0 Å². The third kappa shape index (κ3) is 4.13. The van der Waals surface area contributed by atoms with Gasteiger partial charge in [-0.1, -0.05) is 6.07 Å². The van der Waals surface area contributed by atoms with E-state index in [0.717, 1.165) is 0 Å². The Labute approximate surface area is 139 Å². The first-order valence-electron chi connectivity index (χ1n) is 7.37. The van der Waals surface area contributed by atoms with Gasteiger partial charge in [0.2, 0.25) is 5.91 Å². The van der Waals surface area contributed by atoms with Gasteiger partial charge in [0, 0.05) is 0 Å². The molecule has 128 valence electrons. The van der Waals surface area contributed by atoms with Gasteiger partial charge in [-0.15, -0.1) is 0 Å². The molecular weight excluding hydrogens is 315 g/mol. The summed E-state index contributed by atoms with van der Waals surface area (Å²) in [6.07, 6.45) is 1.41. The summed E-state index contributed by atoms with van der Waals surface area (Å²) in [6, 6.07) is 5.59. The molecule has 0 aliphatic heterocycles. The number of nitrogens with one attached hydrogen (secondary N) is 2. The van der Waals surface area contributed by atoms with Gasteiger partial charge in [0.15, 0.2) is 11.6 Å². The summed E-state index contributed by atoms with van der Waals surface area (Å²) in [4.78, 5) is 23.8. The van der Waals surface area contributed by atoms with Gasteiger partial charge < -0.3 is 19.8 Å². The number of hydrogen-bond acceptors (Lipinski definition) is 4. The van der Waals surface area contributed by atoms with Crippen LogP contribution in [0.25, 0.3) is 0 Å². The second-order valence-corrected chi connectivity index (χ2v) is 5.26. The Kier molecular flexibility index (Phi) is 5.57. The predicted octanol–water partition coefficient (Wildman–Crippen LogP) is 2.34. The van der Waals surface area contributed by atoms with Crippen molar-refractivity contribution >= 4 is 11.8 Å². The molecule has 0 radical (unpaired) electrons. The highest BCUT2D eigenvalue weighted by Crippen LogP contribution is 2.21. The molecule has 0 fully saturated rings. The standard InChI is InChI=1S/C17H19FN2O4/c1-10(12-4-5-15(23-3)14(18)8-12)20-16(21)9-19-17(22)13-6-7-24-11(13)2/h4-8,10H,9H2,1-3H3,(H,19,22)(H,20,21). The first-order valence-corrected chi connectivity index (χ1v) is 7.37. The molecule has 0 bridgehead atoms.